The third-order valence-corrected chi connectivity index (χ3v) is 4.01. The Kier molecular flexibility index (Phi) is 4.25. The Hall–Kier alpha value is -2.47. The van der Waals surface area contributed by atoms with Crippen LogP contribution in [0.15, 0.2) is 53.3 Å². The highest BCUT2D eigenvalue weighted by atomic mass is 79.9. The van der Waals surface area contributed by atoms with Crippen molar-refractivity contribution in [2.45, 2.75) is 0 Å². The van der Waals surface area contributed by atoms with Crippen LogP contribution >= 0.6 is 15.9 Å². The summed E-state index contributed by atoms with van der Waals surface area (Å²) in [6.07, 6.45) is 3.25. The van der Waals surface area contributed by atoms with Crippen LogP contribution in [0.5, 0.6) is 5.88 Å². The number of methoxy groups -OCH3 is 1. The summed E-state index contributed by atoms with van der Waals surface area (Å²) in [6, 6.07) is 11.1. The number of pyridine rings is 2. The number of hydrogen-bond donors (Lipinski definition) is 0. The Morgan fingerprint density at radius 2 is 1.91 bits per heavy atom. The molecule has 0 atom stereocenters. The van der Waals surface area contributed by atoms with E-state index < -0.39 is 0 Å². The van der Waals surface area contributed by atoms with Crippen molar-refractivity contribution in [3.8, 4) is 5.88 Å². The molecule has 0 fully saturated rings. The number of nitrogens with zero attached hydrogens (tertiary/aromatic N) is 3. The zero-order chi connectivity index (χ0) is 16.4. The Bertz CT molecular complexity index is 883. The zero-order valence-corrected chi connectivity index (χ0v) is 14.2. The van der Waals surface area contributed by atoms with Crippen molar-refractivity contribution >= 4 is 38.4 Å². The molecule has 3 rings (SSSR count). The van der Waals surface area contributed by atoms with Gasteiger partial charge in [0.25, 0.3) is 5.91 Å². The summed E-state index contributed by atoms with van der Waals surface area (Å²) in [6.45, 7) is 0. The van der Waals surface area contributed by atoms with E-state index >= 15 is 0 Å². The average molecular weight is 372 g/mol. The SMILES string of the molecule is COc1cc(C(=O)N(C)c2nccc3ccc(Br)cc23)ccn1. The lowest BCUT2D eigenvalue weighted by Crippen LogP contribution is -2.27. The Balaban J connectivity index is 2.04. The van der Waals surface area contributed by atoms with Crippen LogP contribution in [0.25, 0.3) is 10.8 Å². The number of halogens is 1. The molecule has 2 heterocycles. The van der Waals surface area contributed by atoms with Gasteiger partial charge in [-0.3, -0.25) is 9.69 Å². The first-order valence-corrected chi connectivity index (χ1v) is 7.72. The molecule has 0 spiro atoms. The first-order valence-electron chi connectivity index (χ1n) is 6.92. The molecule has 0 saturated carbocycles. The predicted octanol–water partition coefficient (Wildman–Crippen LogP) is 3.68. The van der Waals surface area contributed by atoms with Crippen LogP contribution in [-0.2, 0) is 0 Å². The summed E-state index contributed by atoms with van der Waals surface area (Å²) in [5.41, 5.74) is 0.494. The highest BCUT2D eigenvalue weighted by Gasteiger charge is 2.17. The largest absolute Gasteiger partial charge is 0.481 e. The second-order valence-corrected chi connectivity index (χ2v) is 5.87. The molecule has 2 aromatic heterocycles. The lowest BCUT2D eigenvalue weighted by molar-refractivity contribution is 0.0992. The quantitative estimate of drug-likeness (QED) is 0.704. The van der Waals surface area contributed by atoms with Crippen LogP contribution in [0.2, 0.25) is 0 Å². The van der Waals surface area contributed by atoms with E-state index in [1.165, 1.54) is 12.0 Å². The van der Waals surface area contributed by atoms with E-state index in [-0.39, 0.29) is 5.91 Å². The fourth-order valence-corrected chi connectivity index (χ4v) is 2.70. The van der Waals surface area contributed by atoms with Crippen molar-refractivity contribution in [2.75, 3.05) is 19.1 Å². The highest BCUT2D eigenvalue weighted by Crippen LogP contribution is 2.27. The van der Waals surface area contributed by atoms with Crippen LogP contribution in [0.3, 0.4) is 0 Å². The van der Waals surface area contributed by atoms with Crippen LogP contribution in [0.4, 0.5) is 5.82 Å². The maximum absolute atomic E-state index is 12.7. The van der Waals surface area contributed by atoms with Crippen molar-refractivity contribution in [2.24, 2.45) is 0 Å². The number of hydrogen-bond acceptors (Lipinski definition) is 4. The number of rotatable bonds is 3. The standard InChI is InChI=1S/C17H14BrN3O2/c1-21(17(22)12-6-7-19-15(9-12)23-2)16-14-10-13(18)4-3-11(14)5-8-20-16/h3-10H,1-2H3. The van der Waals surface area contributed by atoms with E-state index in [0.29, 0.717) is 17.3 Å². The van der Waals surface area contributed by atoms with Gasteiger partial charge < -0.3 is 4.74 Å². The van der Waals surface area contributed by atoms with Gasteiger partial charge in [-0.15, -0.1) is 0 Å². The van der Waals surface area contributed by atoms with Gasteiger partial charge in [0.05, 0.1) is 7.11 Å². The van der Waals surface area contributed by atoms with E-state index in [0.717, 1.165) is 15.2 Å². The lowest BCUT2D eigenvalue weighted by Gasteiger charge is -2.18. The maximum Gasteiger partial charge on any atom is 0.259 e. The zero-order valence-electron chi connectivity index (χ0n) is 12.7. The van der Waals surface area contributed by atoms with Crippen LogP contribution < -0.4 is 9.64 Å². The first kappa shape index (κ1) is 15.4. The number of aromatic nitrogens is 2. The van der Waals surface area contributed by atoms with Gasteiger partial charge in [-0.25, -0.2) is 9.97 Å². The molecule has 1 aromatic carbocycles. The van der Waals surface area contributed by atoms with Crippen molar-refractivity contribution in [3.05, 3.63) is 58.8 Å². The minimum Gasteiger partial charge on any atom is -0.481 e. The fourth-order valence-electron chi connectivity index (χ4n) is 2.34. The van der Waals surface area contributed by atoms with Gasteiger partial charge in [0.1, 0.15) is 5.82 Å². The van der Waals surface area contributed by atoms with E-state index in [4.69, 9.17) is 4.74 Å². The summed E-state index contributed by atoms with van der Waals surface area (Å²) in [7, 11) is 3.22. The molecule has 5 nitrogen and oxygen atoms in total. The second-order valence-electron chi connectivity index (χ2n) is 4.95. The van der Waals surface area contributed by atoms with Crippen molar-refractivity contribution in [1.29, 1.82) is 0 Å². The Morgan fingerprint density at radius 1 is 1.13 bits per heavy atom. The van der Waals surface area contributed by atoms with Gasteiger partial charge in [0.2, 0.25) is 5.88 Å². The molecule has 0 aliphatic rings. The number of ether oxygens (including phenoxy) is 1. The van der Waals surface area contributed by atoms with Crippen LogP contribution in [0.1, 0.15) is 10.4 Å². The van der Waals surface area contributed by atoms with Gasteiger partial charge in [-0.2, -0.15) is 0 Å². The van der Waals surface area contributed by atoms with E-state index in [9.17, 15) is 4.79 Å². The maximum atomic E-state index is 12.7. The van der Waals surface area contributed by atoms with Crippen molar-refractivity contribution in [3.63, 3.8) is 0 Å². The summed E-state index contributed by atoms with van der Waals surface area (Å²) < 4.78 is 6.01. The first-order chi connectivity index (χ1) is 11.1. The molecule has 1 amide bonds. The number of carbonyl (C=O) groups is 1. The van der Waals surface area contributed by atoms with Crippen molar-refractivity contribution in [1.82, 2.24) is 9.97 Å². The molecule has 0 aliphatic heterocycles. The molecule has 0 saturated heterocycles. The van der Waals surface area contributed by atoms with Gasteiger partial charge in [-0.05, 0) is 29.7 Å². The van der Waals surface area contributed by atoms with Gasteiger partial charge >= 0.3 is 0 Å². The molecule has 0 unspecified atom stereocenters. The molecule has 116 valence electrons. The topological polar surface area (TPSA) is 55.3 Å². The van der Waals surface area contributed by atoms with Gasteiger partial charge in [0, 0.05) is 40.9 Å². The monoisotopic (exact) mass is 371 g/mol. The smallest absolute Gasteiger partial charge is 0.259 e. The van der Waals surface area contributed by atoms with Gasteiger partial charge in [-0.1, -0.05) is 22.0 Å². The predicted molar refractivity (Wildman–Crippen MR) is 93.0 cm³/mol. The molecule has 6 heteroatoms. The third kappa shape index (κ3) is 3.03. The van der Waals surface area contributed by atoms with E-state index in [1.54, 1.807) is 31.6 Å². The molecule has 23 heavy (non-hydrogen) atoms. The number of carbonyl (C=O) groups excluding carboxylic acids is 1. The molecule has 3 aromatic rings. The van der Waals surface area contributed by atoms with E-state index in [2.05, 4.69) is 25.9 Å². The molecular weight excluding hydrogens is 358 g/mol. The minimum absolute atomic E-state index is 0.175. The number of anilines is 1. The number of amides is 1. The number of benzene rings is 1. The van der Waals surface area contributed by atoms with Crippen molar-refractivity contribution < 1.29 is 9.53 Å². The molecular formula is C17H14BrN3O2. The molecule has 0 radical (unpaired) electrons. The molecule has 0 N–H and O–H groups in total. The normalized spacial score (nSPS) is 10.6. The van der Waals surface area contributed by atoms with E-state index in [1.807, 2.05) is 24.3 Å². The number of fused-ring (bicyclic) bond motifs is 1. The minimum atomic E-state index is -0.175. The summed E-state index contributed by atoms with van der Waals surface area (Å²) in [5, 5.41) is 1.92. The lowest BCUT2D eigenvalue weighted by atomic mass is 10.1. The van der Waals surface area contributed by atoms with Crippen LogP contribution in [-0.4, -0.2) is 30.0 Å². The highest BCUT2D eigenvalue weighted by molar-refractivity contribution is 9.10. The van der Waals surface area contributed by atoms with Gasteiger partial charge in [0.15, 0.2) is 0 Å². The second kappa shape index (κ2) is 6.34. The molecule has 0 bridgehead atoms. The summed E-state index contributed by atoms with van der Waals surface area (Å²) in [5.74, 6) is 0.827. The summed E-state index contributed by atoms with van der Waals surface area (Å²) in [4.78, 5) is 22.7. The average Bonchev–Trinajstić information content (AvgIpc) is 2.60. The fraction of sp³-hybridized carbons (Fsp3) is 0.118. The third-order valence-electron chi connectivity index (χ3n) is 3.52. The summed E-state index contributed by atoms with van der Waals surface area (Å²) >= 11 is 3.46. The Morgan fingerprint density at radius 3 is 2.70 bits per heavy atom. The van der Waals surface area contributed by atoms with Crippen LogP contribution in [0, 0.1) is 0 Å². The Labute approximate surface area is 142 Å². The molecule has 0 aliphatic carbocycles.